The molecule has 0 fully saturated rings. The number of carbonyl (C=O) groups excluding carboxylic acids is 2. The van der Waals surface area contributed by atoms with Gasteiger partial charge in [-0.2, -0.15) is 0 Å². The van der Waals surface area contributed by atoms with Crippen molar-refractivity contribution >= 4 is 17.6 Å². The molecule has 7 heteroatoms. The van der Waals surface area contributed by atoms with Gasteiger partial charge in [-0.25, -0.2) is 9.59 Å². The van der Waals surface area contributed by atoms with Crippen LogP contribution in [0.1, 0.15) is 65.7 Å². The van der Waals surface area contributed by atoms with Gasteiger partial charge in [-0.15, -0.1) is 5.11 Å². The number of esters is 2. The summed E-state index contributed by atoms with van der Waals surface area (Å²) in [6, 6.07) is 8.87. The molecule has 0 saturated carbocycles. The second-order valence-corrected chi connectivity index (χ2v) is 7.15. The van der Waals surface area contributed by atoms with E-state index < -0.39 is 17.9 Å². The predicted octanol–water partition coefficient (Wildman–Crippen LogP) is 6.34. The highest BCUT2D eigenvalue weighted by atomic mass is 16.9. The number of hydrogen-bond donors (Lipinski definition) is 0. The Morgan fingerprint density at radius 3 is 1.97 bits per heavy atom. The maximum absolute atomic E-state index is 12.2. The SMILES string of the molecule is C=C(C)C(=O)OC(CCCCCCCC)(ON=Nc1ccccc1)OC(=O)C(=C)C. The van der Waals surface area contributed by atoms with Gasteiger partial charge in [-0.3, -0.25) is 4.84 Å². The topological polar surface area (TPSA) is 86.6 Å². The fourth-order valence-corrected chi connectivity index (χ4v) is 2.41. The van der Waals surface area contributed by atoms with Gasteiger partial charge in [0.15, 0.2) is 0 Å². The lowest BCUT2D eigenvalue weighted by Crippen LogP contribution is -2.42. The Balaban J connectivity index is 3.01. The molecule has 0 N–H and O–H groups in total. The molecule has 164 valence electrons. The van der Waals surface area contributed by atoms with E-state index in [1.165, 1.54) is 13.8 Å². The van der Waals surface area contributed by atoms with E-state index in [0.29, 0.717) is 12.1 Å². The molecular formula is C23H32N2O5. The maximum Gasteiger partial charge on any atom is 0.443 e. The molecule has 1 rings (SSSR count). The fourth-order valence-electron chi connectivity index (χ4n) is 2.41. The van der Waals surface area contributed by atoms with Crippen molar-refractivity contribution in [3.8, 4) is 0 Å². The van der Waals surface area contributed by atoms with E-state index in [1.807, 2.05) is 6.07 Å². The van der Waals surface area contributed by atoms with Crippen LogP contribution in [0.2, 0.25) is 0 Å². The molecule has 0 aliphatic carbocycles. The molecule has 0 saturated heterocycles. The number of hydrogen-bond acceptors (Lipinski definition) is 7. The summed E-state index contributed by atoms with van der Waals surface area (Å²) in [5, 5.41) is 7.62. The largest absolute Gasteiger partial charge is 0.443 e. The Hall–Kier alpha value is -2.96. The van der Waals surface area contributed by atoms with Crippen molar-refractivity contribution < 1.29 is 23.9 Å². The van der Waals surface area contributed by atoms with Crippen molar-refractivity contribution in [1.82, 2.24) is 0 Å². The molecule has 1 aromatic rings. The van der Waals surface area contributed by atoms with Crippen molar-refractivity contribution in [2.24, 2.45) is 10.4 Å². The van der Waals surface area contributed by atoms with E-state index in [4.69, 9.17) is 14.3 Å². The van der Waals surface area contributed by atoms with Crippen molar-refractivity contribution in [2.45, 2.75) is 71.7 Å². The molecule has 0 spiro atoms. The molecular weight excluding hydrogens is 384 g/mol. The summed E-state index contributed by atoms with van der Waals surface area (Å²) >= 11 is 0. The van der Waals surface area contributed by atoms with Gasteiger partial charge < -0.3 is 9.47 Å². The normalized spacial score (nSPS) is 11.2. The predicted molar refractivity (Wildman–Crippen MR) is 115 cm³/mol. The zero-order valence-electron chi connectivity index (χ0n) is 18.2. The smallest absolute Gasteiger partial charge is 0.383 e. The Morgan fingerprint density at radius 1 is 0.900 bits per heavy atom. The minimum Gasteiger partial charge on any atom is -0.383 e. The number of benzene rings is 1. The van der Waals surface area contributed by atoms with Crippen molar-refractivity contribution in [2.75, 3.05) is 0 Å². The van der Waals surface area contributed by atoms with Gasteiger partial charge >= 0.3 is 17.9 Å². The van der Waals surface area contributed by atoms with E-state index in [9.17, 15) is 9.59 Å². The first-order chi connectivity index (χ1) is 14.3. The van der Waals surface area contributed by atoms with Gasteiger partial charge in [-0.1, -0.05) is 70.4 Å². The third-order valence-corrected chi connectivity index (χ3v) is 4.12. The van der Waals surface area contributed by atoms with E-state index >= 15 is 0 Å². The zero-order valence-corrected chi connectivity index (χ0v) is 18.2. The lowest BCUT2D eigenvalue weighted by molar-refractivity contribution is -0.350. The Bertz CT molecular complexity index is 715. The van der Waals surface area contributed by atoms with Crippen LogP contribution in [0.3, 0.4) is 0 Å². The molecule has 0 aliphatic heterocycles. The number of nitrogens with zero attached hydrogens (tertiary/aromatic N) is 2. The Kier molecular flexibility index (Phi) is 11.1. The summed E-state index contributed by atoms with van der Waals surface area (Å²) in [5.41, 5.74) is 0.804. The van der Waals surface area contributed by atoms with Crippen molar-refractivity contribution in [3.05, 3.63) is 54.6 Å². The van der Waals surface area contributed by atoms with Crippen molar-refractivity contribution in [3.63, 3.8) is 0 Å². The van der Waals surface area contributed by atoms with E-state index in [2.05, 4.69) is 30.5 Å². The molecule has 0 bridgehead atoms. The number of ether oxygens (including phenoxy) is 2. The highest BCUT2D eigenvalue weighted by Crippen LogP contribution is 2.28. The average Bonchev–Trinajstić information content (AvgIpc) is 2.71. The first kappa shape index (κ1) is 25.1. The second-order valence-electron chi connectivity index (χ2n) is 7.15. The minimum atomic E-state index is -2.05. The van der Waals surface area contributed by atoms with Crippen LogP contribution < -0.4 is 0 Å². The monoisotopic (exact) mass is 416 g/mol. The lowest BCUT2D eigenvalue weighted by atomic mass is 10.1. The molecule has 7 nitrogen and oxygen atoms in total. The zero-order chi connectivity index (χ0) is 22.4. The number of rotatable bonds is 14. The van der Waals surface area contributed by atoms with E-state index in [-0.39, 0.29) is 17.6 Å². The van der Waals surface area contributed by atoms with Crippen LogP contribution in [0.5, 0.6) is 0 Å². The molecule has 0 aromatic heterocycles. The quantitative estimate of drug-likeness (QED) is 0.0881. The summed E-state index contributed by atoms with van der Waals surface area (Å²) in [5.74, 6) is -3.56. The van der Waals surface area contributed by atoms with Crippen LogP contribution in [0.15, 0.2) is 65.0 Å². The van der Waals surface area contributed by atoms with E-state index in [0.717, 1.165) is 32.1 Å². The van der Waals surface area contributed by atoms with Gasteiger partial charge in [0.2, 0.25) is 0 Å². The highest BCUT2D eigenvalue weighted by molar-refractivity contribution is 5.88. The Morgan fingerprint density at radius 2 is 1.43 bits per heavy atom. The van der Waals surface area contributed by atoms with Gasteiger partial charge in [0.1, 0.15) is 0 Å². The average molecular weight is 417 g/mol. The summed E-state index contributed by atoms with van der Waals surface area (Å²) in [6.45, 7) is 12.3. The maximum atomic E-state index is 12.2. The second kappa shape index (κ2) is 13.3. The molecule has 0 aliphatic rings. The summed E-state index contributed by atoms with van der Waals surface area (Å²) in [7, 11) is 0. The van der Waals surface area contributed by atoms with Crippen LogP contribution in [0, 0.1) is 0 Å². The molecule has 0 atom stereocenters. The van der Waals surface area contributed by atoms with E-state index in [1.54, 1.807) is 24.3 Å². The van der Waals surface area contributed by atoms with Crippen LogP contribution in [0.25, 0.3) is 0 Å². The third-order valence-electron chi connectivity index (χ3n) is 4.12. The highest BCUT2D eigenvalue weighted by Gasteiger charge is 2.42. The summed E-state index contributed by atoms with van der Waals surface area (Å²) in [6.07, 6.45) is 5.97. The third kappa shape index (κ3) is 9.49. The number of unbranched alkanes of at least 4 members (excludes halogenated alkanes) is 5. The van der Waals surface area contributed by atoms with Crippen LogP contribution in [0.4, 0.5) is 5.69 Å². The van der Waals surface area contributed by atoms with Crippen molar-refractivity contribution in [1.29, 1.82) is 0 Å². The molecule has 0 heterocycles. The molecule has 1 aromatic carbocycles. The lowest BCUT2D eigenvalue weighted by Gasteiger charge is -2.29. The fraction of sp³-hybridized carbons (Fsp3) is 0.478. The Labute approximate surface area is 178 Å². The molecule has 0 radical (unpaired) electrons. The molecule has 0 amide bonds. The molecule has 0 unspecified atom stereocenters. The van der Waals surface area contributed by atoms with Gasteiger partial charge in [0, 0.05) is 16.4 Å². The molecule has 30 heavy (non-hydrogen) atoms. The van der Waals surface area contributed by atoms with Gasteiger partial charge in [0.25, 0.3) is 0 Å². The minimum absolute atomic E-state index is 0.102. The first-order valence-corrected chi connectivity index (χ1v) is 10.2. The van der Waals surface area contributed by atoms with Gasteiger partial charge in [-0.05, 0) is 32.4 Å². The summed E-state index contributed by atoms with van der Waals surface area (Å²) in [4.78, 5) is 29.9. The van der Waals surface area contributed by atoms with Crippen LogP contribution in [-0.4, -0.2) is 17.9 Å². The summed E-state index contributed by atoms with van der Waals surface area (Å²) < 4.78 is 10.8. The van der Waals surface area contributed by atoms with Crippen LogP contribution >= 0.6 is 0 Å². The van der Waals surface area contributed by atoms with Gasteiger partial charge in [0.05, 0.1) is 12.1 Å². The van der Waals surface area contributed by atoms with Crippen LogP contribution in [-0.2, 0) is 23.9 Å². The number of carbonyl (C=O) groups is 2. The first-order valence-electron chi connectivity index (χ1n) is 10.2. The standard InChI is InChI=1S/C23H32N2O5/c1-6-7-8-9-10-14-17-23(28-21(26)18(2)3,29-22(27)19(4)5)30-25-24-20-15-12-11-13-16-20/h11-13,15-16H,2,4,6-10,14,17H2,1,3,5H3.